The molecular weight excluding hydrogens is 423 g/mol. The van der Waals surface area contributed by atoms with E-state index in [-0.39, 0.29) is 29.5 Å². The molecule has 4 rings (SSSR count). The molecule has 0 heterocycles. The first-order chi connectivity index (χ1) is 14.4. The van der Waals surface area contributed by atoms with Gasteiger partial charge in [0.25, 0.3) is 0 Å². The van der Waals surface area contributed by atoms with Crippen molar-refractivity contribution in [2.45, 2.75) is 64.1 Å². The number of halogens is 2. The van der Waals surface area contributed by atoms with Gasteiger partial charge in [-0.15, -0.1) is 11.6 Å². The van der Waals surface area contributed by atoms with Gasteiger partial charge in [-0.05, 0) is 60.7 Å². The molecule has 5 nitrogen and oxygen atoms in total. The van der Waals surface area contributed by atoms with Gasteiger partial charge >= 0.3 is 5.97 Å². The first-order valence-corrected chi connectivity index (χ1v) is 11.4. The molecule has 0 bridgehead atoms. The highest BCUT2D eigenvalue weighted by atomic mass is 35.5. The van der Waals surface area contributed by atoms with Gasteiger partial charge in [0.2, 0.25) is 5.78 Å². The van der Waals surface area contributed by atoms with Gasteiger partial charge in [0, 0.05) is 17.8 Å². The normalized spacial score (nSPS) is 48.4. The fourth-order valence-corrected chi connectivity index (χ4v) is 7.83. The van der Waals surface area contributed by atoms with E-state index in [1.54, 1.807) is 0 Å². The summed E-state index contributed by atoms with van der Waals surface area (Å²) in [4.78, 5) is 36.2. The molecule has 0 aromatic carbocycles. The summed E-state index contributed by atoms with van der Waals surface area (Å²) < 4.78 is 20.5. The maximum Gasteiger partial charge on any atom is 0.303 e. The van der Waals surface area contributed by atoms with E-state index in [0.717, 1.165) is 0 Å². The summed E-state index contributed by atoms with van der Waals surface area (Å²) >= 11 is 6.73. The van der Waals surface area contributed by atoms with Crippen molar-refractivity contribution in [2.75, 3.05) is 6.61 Å². The van der Waals surface area contributed by atoms with Crippen LogP contribution in [0.5, 0.6) is 0 Å². The van der Waals surface area contributed by atoms with Crippen LogP contribution in [0, 0.1) is 34.5 Å². The minimum atomic E-state index is -1.67. The molecule has 7 heteroatoms. The summed E-state index contributed by atoms with van der Waals surface area (Å²) in [5, 5.41) is 10.9. The first-order valence-electron chi connectivity index (χ1n) is 11.0. The number of aliphatic hydroxyl groups is 1. The second-order valence-electron chi connectivity index (χ2n) is 10.3. The quantitative estimate of drug-likeness (QED) is 0.523. The molecular formula is C24H30ClFO5. The van der Waals surface area contributed by atoms with E-state index in [9.17, 15) is 19.5 Å². The van der Waals surface area contributed by atoms with Crippen LogP contribution in [0.3, 0.4) is 0 Å². The van der Waals surface area contributed by atoms with Crippen LogP contribution in [-0.2, 0) is 19.1 Å². The summed E-state index contributed by atoms with van der Waals surface area (Å²) in [6, 6.07) is 0. The summed E-state index contributed by atoms with van der Waals surface area (Å²) in [5.41, 5.74) is -2.65. The molecule has 9 atom stereocenters. The van der Waals surface area contributed by atoms with Crippen LogP contribution in [0.2, 0.25) is 0 Å². The Kier molecular flexibility index (Phi) is 5.29. The Morgan fingerprint density at radius 3 is 2.65 bits per heavy atom. The molecule has 31 heavy (non-hydrogen) atoms. The Bertz CT molecular complexity index is 898. The number of ether oxygens (including phenoxy) is 1. The average Bonchev–Trinajstić information content (AvgIpc) is 2.92. The van der Waals surface area contributed by atoms with Gasteiger partial charge < -0.3 is 9.84 Å². The van der Waals surface area contributed by atoms with E-state index in [0.29, 0.717) is 24.8 Å². The number of carbonyl (C=O) groups excluding carboxylic acids is 3. The van der Waals surface area contributed by atoms with E-state index in [1.165, 1.54) is 19.1 Å². The standard InChI is InChI=1S/C24H30ClFO5/c1-12-9-16-19-15(22(3)7-5-14(28)10-17(22)21(26)20(19)25)6-8-23(16,4)24(12,30)18(29)11-31-13(2)27/h5,7,10,12,15-16,19-21,30H,6,8-9,11H2,1-4H3/t12?,15-,16-,19+,20-,21-,22+,23-,24-/m0/s1. The lowest BCUT2D eigenvalue weighted by molar-refractivity contribution is -0.174. The molecule has 0 aromatic heterocycles. The largest absolute Gasteiger partial charge is 0.458 e. The Labute approximate surface area is 187 Å². The zero-order valence-corrected chi connectivity index (χ0v) is 19.1. The fraction of sp³-hybridized carbons (Fsp3) is 0.708. The van der Waals surface area contributed by atoms with Crippen LogP contribution in [0.4, 0.5) is 4.39 Å². The lowest BCUT2D eigenvalue weighted by atomic mass is 9.46. The number of Topliss-reactive ketones (excluding diaryl/α,β-unsaturated/α-hetero) is 1. The molecule has 1 unspecified atom stereocenters. The van der Waals surface area contributed by atoms with Gasteiger partial charge in [0.05, 0.1) is 5.38 Å². The predicted octanol–water partition coefficient (Wildman–Crippen LogP) is 3.57. The van der Waals surface area contributed by atoms with Crippen molar-refractivity contribution in [1.29, 1.82) is 0 Å². The number of fused-ring (bicyclic) bond motifs is 5. The van der Waals surface area contributed by atoms with Crippen LogP contribution in [-0.4, -0.2) is 46.4 Å². The van der Waals surface area contributed by atoms with Crippen molar-refractivity contribution in [3.05, 3.63) is 23.8 Å². The highest BCUT2D eigenvalue weighted by molar-refractivity contribution is 6.21. The smallest absolute Gasteiger partial charge is 0.303 e. The van der Waals surface area contributed by atoms with E-state index < -0.39 is 46.3 Å². The molecule has 0 aliphatic heterocycles. The van der Waals surface area contributed by atoms with E-state index in [1.807, 2.05) is 26.8 Å². The van der Waals surface area contributed by atoms with Gasteiger partial charge in [-0.2, -0.15) is 0 Å². The molecule has 3 saturated carbocycles. The number of alkyl halides is 2. The first kappa shape index (κ1) is 22.7. The molecule has 0 amide bonds. The number of esters is 1. The zero-order valence-electron chi connectivity index (χ0n) is 18.4. The maximum atomic E-state index is 15.6. The number of carbonyl (C=O) groups is 3. The highest BCUT2D eigenvalue weighted by Gasteiger charge is 2.70. The van der Waals surface area contributed by atoms with Gasteiger partial charge in [0.1, 0.15) is 11.8 Å². The van der Waals surface area contributed by atoms with Crippen LogP contribution in [0.25, 0.3) is 0 Å². The molecule has 0 spiro atoms. The summed E-state index contributed by atoms with van der Waals surface area (Å²) in [6.45, 7) is 6.44. The highest BCUT2D eigenvalue weighted by Crippen LogP contribution is 2.69. The molecule has 0 radical (unpaired) electrons. The lowest BCUT2D eigenvalue weighted by Crippen LogP contribution is -2.62. The Balaban J connectivity index is 1.73. The third-order valence-corrected chi connectivity index (χ3v) is 9.49. The van der Waals surface area contributed by atoms with Crippen molar-refractivity contribution in [2.24, 2.45) is 34.5 Å². The van der Waals surface area contributed by atoms with Crippen molar-refractivity contribution < 1.29 is 28.6 Å². The monoisotopic (exact) mass is 452 g/mol. The molecule has 3 fully saturated rings. The SMILES string of the molecule is CC(=O)OCC(=O)[C@@]1(O)C(C)C[C@H]2[C@@H]3[C@H](Cl)[C@@H](F)C4=CC(=O)C=C[C@]4(C)[C@H]3CC[C@@]21C. The van der Waals surface area contributed by atoms with Gasteiger partial charge in [-0.1, -0.05) is 26.8 Å². The summed E-state index contributed by atoms with van der Waals surface area (Å²) in [6.07, 6.45) is 4.99. The van der Waals surface area contributed by atoms with E-state index in [2.05, 4.69) is 0 Å². The minimum absolute atomic E-state index is 0.00815. The topological polar surface area (TPSA) is 80.7 Å². The average molecular weight is 453 g/mol. The van der Waals surface area contributed by atoms with Gasteiger partial charge in [-0.3, -0.25) is 14.4 Å². The third-order valence-electron chi connectivity index (χ3n) is 8.97. The molecule has 1 N–H and O–H groups in total. The van der Waals surface area contributed by atoms with Gasteiger partial charge in [0.15, 0.2) is 12.4 Å². The van der Waals surface area contributed by atoms with Gasteiger partial charge in [-0.25, -0.2) is 4.39 Å². The zero-order chi connectivity index (χ0) is 22.9. The second kappa shape index (κ2) is 7.24. The van der Waals surface area contributed by atoms with Crippen molar-refractivity contribution in [3.8, 4) is 0 Å². The van der Waals surface area contributed by atoms with E-state index in [4.69, 9.17) is 16.3 Å². The molecule has 170 valence electrons. The van der Waals surface area contributed by atoms with Crippen LogP contribution < -0.4 is 0 Å². The van der Waals surface area contributed by atoms with Crippen LogP contribution in [0.1, 0.15) is 47.0 Å². The van der Waals surface area contributed by atoms with Crippen molar-refractivity contribution >= 4 is 29.1 Å². The Morgan fingerprint density at radius 1 is 1.32 bits per heavy atom. The summed E-state index contributed by atoms with van der Waals surface area (Å²) in [7, 11) is 0. The van der Waals surface area contributed by atoms with Crippen molar-refractivity contribution in [3.63, 3.8) is 0 Å². The Morgan fingerprint density at radius 2 is 2.00 bits per heavy atom. The number of ketones is 2. The number of hydrogen-bond acceptors (Lipinski definition) is 5. The summed E-state index contributed by atoms with van der Waals surface area (Å²) in [5.74, 6) is -2.10. The Hall–Kier alpha value is -1.53. The van der Waals surface area contributed by atoms with E-state index >= 15 is 4.39 Å². The fourth-order valence-electron chi connectivity index (χ4n) is 7.35. The molecule has 4 aliphatic carbocycles. The lowest BCUT2D eigenvalue weighted by Gasteiger charge is -2.59. The number of hydrogen-bond donors (Lipinski definition) is 1. The predicted molar refractivity (Wildman–Crippen MR) is 113 cm³/mol. The van der Waals surface area contributed by atoms with Crippen LogP contribution in [0.15, 0.2) is 23.8 Å². The number of rotatable bonds is 3. The maximum absolute atomic E-state index is 15.6. The minimum Gasteiger partial charge on any atom is -0.458 e. The van der Waals surface area contributed by atoms with Crippen molar-refractivity contribution in [1.82, 2.24) is 0 Å². The molecule has 0 aromatic rings. The second-order valence-corrected chi connectivity index (χ2v) is 10.8. The molecule has 0 saturated heterocycles. The molecule has 4 aliphatic rings. The van der Waals surface area contributed by atoms with Crippen LogP contribution >= 0.6 is 11.6 Å². The third kappa shape index (κ3) is 2.93. The number of allylic oxidation sites excluding steroid dienone is 4.